The highest BCUT2D eigenvalue weighted by atomic mass is 32.2. The van der Waals surface area contributed by atoms with Gasteiger partial charge in [0.15, 0.2) is 12.4 Å². The van der Waals surface area contributed by atoms with Crippen LogP contribution in [0, 0.1) is 0 Å². The Morgan fingerprint density at radius 3 is 2.34 bits per heavy atom. The number of carbonyl (C=O) groups excluding carboxylic acids is 3. The smallest absolute Gasteiger partial charge is 0.339 e. The molecule has 0 radical (unpaired) electrons. The Labute approximate surface area is 191 Å². The largest absolute Gasteiger partial charge is 0.452 e. The average Bonchev–Trinajstić information content (AvgIpc) is 3.00. The number of ketones is 1. The van der Waals surface area contributed by atoms with E-state index in [1.165, 1.54) is 0 Å². The summed E-state index contributed by atoms with van der Waals surface area (Å²) in [5.74, 6) is -1.24. The molecule has 3 aromatic carbocycles. The Morgan fingerprint density at radius 1 is 0.906 bits per heavy atom. The molecule has 0 saturated heterocycles. The highest BCUT2D eigenvalue weighted by Gasteiger charge is 2.26. The van der Waals surface area contributed by atoms with E-state index in [0.29, 0.717) is 17.4 Å². The van der Waals surface area contributed by atoms with E-state index >= 15 is 0 Å². The van der Waals surface area contributed by atoms with E-state index < -0.39 is 5.97 Å². The molecule has 162 valence electrons. The summed E-state index contributed by atoms with van der Waals surface area (Å²) in [6, 6.07) is 23.0. The maximum Gasteiger partial charge on any atom is 0.339 e. The Morgan fingerprint density at radius 2 is 1.56 bits per heavy atom. The maximum atomic E-state index is 13.0. The van der Waals surface area contributed by atoms with Gasteiger partial charge in [0.25, 0.3) is 5.91 Å². The monoisotopic (exact) mass is 445 g/mol. The van der Waals surface area contributed by atoms with Crippen molar-refractivity contribution in [2.24, 2.45) is 0 Å². The Kier molecular flexibility index (Phi) is 6.71. The van der Waals surface area contributed by atoms with Crippen LogP contribution < -0.4 is 4.90 Å². The molecule has 1 amide bonds. The summed E-state index contributed by atoms with van der Waals surface area (Å²) in [5, 5.41) is 0.382. The SMILES string of the molecule is CC1CCN(C(=O)COC(=O)c2ccccc2C(=O)c2ccccc2)c2ccccc2S1. The van der Waals surface area contributed by atoms with Crippen LogP contribution in [0.15, 0.2) is 83.8 Å². The zero-order valence-electron chi connectivity index (χ0n) is 17.7. The van der Waals surface area contributed by atoms with Crippen LogP contribution in [0.25, 0.3) is 0 Å². The van der Waals surface area contributed by atoms with Crippen molar-refractivity contribution >= 4 is 35.1 Å². The van der Waals surface area contributed by atoms with Gasteiger partial charge in [-0.25, -0.2) is 4.79 Å². The van der Waals surface area contributed by atoms with Crippen molar-refractivity contribution in [2.75, 3.05) is 18.1 Å². The van der Waals surface area contributed by atoms with E-state index in [2.05, 4.69) is 6.92 Å². The van der Waals surface area contributed by atoms with Crippen LogP contribution in [0.1, 0.15) is 39.6 Å². The van der Waals surface area contributed by atoms with Crippen LogP contribution in [0.2, 0.25) is 0 Å². The van der Waals surface area contributed by atoms with Crippen molar-refractivity contribution in [3.8, 4) is 0 Å². The first-order chi connectivity index (χ1) is 15.5. The van der Waals surface area contributed by atoms with E-state index in [1.54, 1.807) is 65.2 Å². The first-order valence-corrected chi connectivity index (χ1v) is 11.3. The number of anilines is 1. The maximum absolute atomic E-state index is 13.0. The van der Waals surface area contributed by atoms with E-state index in [9.17, 15) is 14.4 Å². The van der Waals surface area contributed by atoms with E-state index in [4.69, 9.17) is 4.74 Å². The molecule has 1 heterocycles. The summed E-state index contributed by atoms with van der Waals surface area (Å²) in [4.78, 5) is 41.4. The van der Waals surface area contributed by atoms with Gasteiger partial charge in [0.2, 0.25) is 0 Å². The first-order valence-electron chi connectivity index (χ1n) is 10.5. The van der Waals surface area contributed by atoms with Crippen LogP contribution in [-0.4, -0.2) is 36.1 Å². The lowest BCUT2D eigenvalue weighted by molar-refractivity contribution is -0.121. The van der Waals surface area contributed by atoms with Gasteiger partial charge in [0, 0.05) is 27.8 Å². The van der Waals surface area contributed by atoms with Crippen LogP contribution in [0.4, 0.5) is 5.69 Å². The molecule has 1 aliphatic heterocycles. The lowest BCUT2D eigenvalue weighted by Gasteiger charge is -2.22. The zero-order chi connectivity index (χ0) is 22.5. The topological polar surface area (TPSA) is 63.7 Å². The molecule has 3 aromatic rings. The van der Waals surface area contributed by atoms with E-state index in [1.807, 2.05) is 30.3 Å². The van der Waals surface area contributed by atoms with Gasteiger partial charge in [-0.05, 0) is 24.6 Å². The molecule has 0 aliphatic carbocycles. The molecular formula is C26H23NO4S. The van der Waals surface area contributed by atoms with Crippen LogP contribution in [0.5, 0.6) is 0 Å². The third-order valence-electron chi connectivity index (χ3n) is 5.30. The number of carbonyl (C=O) groups is 3. The van der Waals surface area contributed by atoms with E-state index in [0.717, 1.165) is 17.0 Å². The molecule has 6 heteroatoms. The van der Waals surface area contributed by atoms with Crippen molar-refractivity contribution in [3.63, 3.8) is 0 Å². The second kappa shape index (κ2) is 9.83. The molecule has 0 spiro atoms. The van der Waals surface area contributed by atoms with Gasteiger partial charge in [-0.1, -0.05) is 67.6 Å². The first kappa shape index (κ1) is 21.8. The summed E-state index contributed by atoms with van der Waals surface area (Å²) in [7, 11) is 0. The van der Waals surface area contributed by atoms with Crippen molar-refractivity contribution in [3.05, 3.63) is 95.6 Å². The number of hydrogen-bond donors (Lipinski definition) is 0. The molecule has 0 saturated carbocycles. The molecule has 1 aliphatic rings. The Hall–Kier alpha value is -3.38. The fourth-order valence-electron chi connectivity index (χ4n) is 3.63. The van der Waals surface area contributed by atoms with Crippen molar-refractivity contribution in [1.29, 1.82) is 0 Å². The lowest BCUT2D eigenvalue weighted by Crippen LogP contribution is -2.36. The normalized spacial score (nSPS) is 15.4. The molecule has 0 aromatic heterocycles. The molecule has 1 atom stereocenters. The van der Waals surface area contributed by atoms with Crippen LogP contribution >= 0.6 is 11.8 Å². The van der Waals surface area contributed by atoms with Crippen molar-refractivity contribution in [2.45, 2.75) is 23.5 Å². The zero-order valence-corrected chi connectivity index (χ0v) is 18.5. The number of hydrogen-bond acceptors (Lipinski definition) is 5. The van der Waals surface area contributed by atoms with Crippen LogP contribution in [0.3, 0.4) is 0 Å². The van der Waals surface area contributed by atoms with Gasteiger partial charge < -0.3 is 9.64 Å². The van der Waals surface area contributed by atoms with Gasteiger partial charge in [0.05, 0.1) is 11.3 Å². The van der Waals surface area contributed by atoms with Gasteiger partial charge in [0.1, 0.15) is 0 Å². The highest BCUT2D eigenvalue weighted by molar-refractivity contribution is 8.00. The molecule has 4 rings (SSSR count). The third kappa shape index (κ3) is 4.75. The molecule has 1 unspecified atom stereocenters. The van der Waals surface area contributed by atoms with Crippen molar-refractivity contribution in [1.82, 2.24) is 0 Å². The molecule has 0 bridgehead atoms. The minimum absolute atomic E-state index is 0.148. The predicted octanol–water partition coefficient (Wildman–Crippen LogP) is 4.99. The lowest BCUT2D eigenvalue weighted by atomic mass is 9.98. The number of para-hydroxylation sites is 1. The number of rotatable bonds is 5. The third-order valence-corrected chi connectivity index (χ3v) is 6.54. The van der Waals surface area contributed by atoms with Crippen molar-refractivity contribution < 1.29 is 19.1 Å². The van der Waals surface area contributed by atoms with Gasteiger partial charge in [-0.15, -0.1) is 11.8 Å². The summed E-state index contributed by atoms with van der Waals surface area (Å²) in [5.41, 5.74) is 1.72. The number of thioether (sulfide) groups is 1. The number of amides is 1. The van der Waals surface area contributed by atoms with Gasteiger partial charge >= 0.3 is 5.97 Å². The van der Waals surface area contributed by atoms with E-state index in [-0.39, 0.29) is 29.4 Å². The minimum atomic E-state index is -0.691. The summed E-state index contributed by atoms with van der Waals surface area (Å²) >= 11 is 1.74. The molecule has 0 N–H and O–H groups in total. The Balaban J connectivity index is 1.49. The second-order valence-corrected chi connectivity index (χ2v) is 9.03. The Bertz CT molecular complexity index is 1150. The molecule has 5 nitrogen and oxygen atoms in total. The minimum Gasteiger partial charge on any atom is -0.452 e. The number of esters is 1. The predicted molar refractivity (Wildman–Crippen MR) is 125 cm³/mol. The fourth-order valence-corrected chi connectivity index (χ4v) is 4.75. The summed E-state index contributed by atoms with van der Waals surface area (Å²) in [6.45, 7) is 2.31. The second-order valence-electron chi connectivity index (χ2n) is 7.55. The van der Waals surface area contributed by atoms with Gasteiger partial charge in [-0.2, -0.15) is 0 Å². The molecule has 32 heavy (non-hydrogen) atoms. The number of fused-ring (bicyclic) bond motifs is 1. The molecular weight excluding hydrogens is 422 g/mol. The fraction of sp³-hybridized carbons (Fsp3) is 0.192. The standard InChI is InChI=1S/C26H23NO4S/c1-18-15-16-27(22-13-7-8-14-23(22)32-18)24(28)17-31-26(30)21-12-6-5-11-20(21)25(29)19-9-3-2-4-10-19/h2-14,18H,15-17H2,1H3. The average molecular weight is 446 g/mol. The van der Waals surface area contributed by atoms with Gasteiger partial charge in [-0.3, -0.25) is 9.59 Å². The number of ether oxygens (including phenoxy) is 1. The number of benzene rings is 3. The van der Waals surface area contributed by atoms with Crippen LogP contribution in [-0.2, 0) is 9.53 Å². The number of nitrogens with zero attached hydrogens (tertiary/aromatic N) is 1. The quantitative estimate of drug-likeness (QED) is 0.409. The summed E-state index contributed by atoms with van der Waals surface area (Å²) in [6.07, 6.45) is 0.841. The molecule has 0 fully saturated rings. The highest BCUT2D eigenvalue weighted by Crippen LogP contribution is 2.37. The summed E-state index contributed by atoms with van der Waals surface area (Å²) < 4.78 is 5.36.